The van der Waals surface area contributed by atoms with Crippen molar-refractivity contribution in [3.63, 3.8) is 0 Å². The second-order valence-corrected chi connectivity index (χ2v) is 5.22. The van der Waals surface area contributed by atoms with Crippen LogP contribution in [0.3, 0.4) is 0 Å². The molecule has 22 heavy (non-hydrogen) atoms. The average Bonchev–Trinajstić information content (AvgIpc) is 2.61. The van der Waals surface area contributed by atoms with Gasteiger partial charge in [-0.1, -0.05) is 60.7 Å². The number of piperazine rings is 1. The van der Waals surface area contributed by atoms with Crippen molar-refractivity contribution in [3.8, 4) is 0 Å². The van der Waals surface area contributed by atoms with Crippen LogP contribution in [0.25, 0.3) is 0 Å². The van der Waals surface area contributed by atoms with Crippen LogP contribution in [-0.4, -0.2) is 48.6 Å². The highest BCUT2D eigenvalue weighted by molar-refractivity contribution is 5.79. The van der Waals surface area contributed by atoms with Gasteiger partial charge in [0.1, 0.15) is 0 Å². The summed E-state index contributed by atoms with van der Waals surface area (Å²) in [5, 5.41) is 13.3. The summed E-state index contributed by atoms with van der Waals surface area (Å²) in [6.07, 6.45) is 3.84. The van der Waals surface area contributed by atoms with E-state index < -0.39 is 0 Å². The van der Waals surface area contributed by atoms with E-state index in [1.54, 1.807) is 0 Å². The summed E-state index contributed by atoms with van der Waals surface area (Å²) < 4.78 is 0. The van der Waals surface area contributed by atoms with Crippen LogP contribution in [0.2, 0.25) is 0 Å². The Morgan fingerprint density at radius 3 is 1.32 bits per heavy atom. The molecule has 1 aliphatic rings. The van der Waals surface area contributed by atoms with Gasteiger partial charge < -0.3 is 0 Å². The van der Waals surface area contributed by atoms with E-state index in [0.717, 1.165) is 37.3 Å². The molecule has 0 aliphatic carbocycles. The Morgan fingerprint density at radius 1 is 0.591 bits per heavy atom. The minimum Gasteiger partial charge on any atom is -0.293 e. The molecule has 3 rings (SSSR count). The molecule has 0 saturated carbocycles. The van der Waals surface area contributed by atoms with E-state index >= 15 is 0 Å². The number of rotatable bonds is 4. The summed E-state index contributed by atoms with van der Waals surface area (Å²) in [7, 11) is 0. The van der Waals surface area contributed by atoms with E-state index in [9.17, 15) is 0 Å². The third kappa shape index (κ3) is 4.19. The molecular formula is C18H20N4. The van der Waals surface area contributed by atoms with Crippen LogP contribution < -0.4 is 0 Å². The van der Waals surface area contributed by atoms with Crippen molar-refractivity contribution in [2.24, 2.45) is 10.2 Å². The van der Waals surface area contributed by atoms with Crippen molar-refractivity contribution in [1.29, 1.82) is 0 Å². The first-order chi connectivity index (χ1) is 10.9. The molecule has 0 bridgehead atoms. The van der Waals surface area contributed by atoms with Gasteiger partial charge in [-0.25, -0.2) is 0 Å². The predicted octanol–water partition coefficient (Wildman–Crippen LogP) is 2.67. The summed E-state index contributed by atoms with van der Waals surface area (Å²) in [4.78, 5) is 0. The summed E-state index contributed by atoms with van der Waals surface area (Å²) in [6.45, 7) is 3.59. The van der Waals surface area contributed by atoms with E-state index in [2.05, 4.69) is 44.5 Å². The van der Waals surface area contributed by atoms with Crippen molar-refractivity contribution in [3.05, 3.63) is 71.8 Å². The zero-order valence-corrected chi connectivity index (χ0v) is 12.5. The van der Waals surface area contributed by atoms with E-state index in [0.29, 0.717) is 0 Å². The van der Waals surface area contributed by atoms with Crippen LogP contribution in [0.1, 0.15) is 11.1 Å². The number of hydrogen-bond donors (Lipinski definition) is 0. The first-order valence-corrected chi connectivity index (χ1v) is 7.58. The topological polar surface area (TPSA) is 31.2 Å². The molecule has 0 N–H and O–H groups in total. The molecule has 0 unspecified atom stereocenters. The van der Waals surface area contributed by atoms with Crippen LogP contribution in [0.5, 0.6) is 0 Å². The molecule has 2 aromatic carbocycles. The van der Waals surface area contributed by atoms with Gasteiger partial charge in [-0.15, -0.1) is 0 Å². The normalized spacial score (nSPS) is 15.8. The average molecular weight is 292 g/mol. The maximum atomic E-state index is 4.54. The number of hydrogen-bond acceptors (Lipinski definition) is 4. The van der Waals surface area contributed by atoms with Crippen LogP contribution in [0, 0.1) is 0 Å². The summed E-state index contributed by atoms with van der Waals surface area (Å²) in [6, 6.07) is 20.4. The molecule has 1 aliphatic heterocycles. The standard InChI is InChI=1S/C18H20N4/c1-3-7-17(8-4-1)15-19-21-11-13-22(14-12-21)20-16-18-9-5-2-6-10-18/h1-10,15-16H,11-14H2/b19-15-,20-16+. The van der Waals surface area contributed by atoms with Crippen molar-refractivity contribution in [1.82, 2.24) is 10.0 Å². The molecule has 4 nitrogen and oxygen atoms in total. The number of benzene rings is 2. The maximum Gasteiger partial charge on any atom is 0.0553 e. The number of nitrogens with zero attached hydrogens (tertiary/aromatic N) is 4. The van der Waals surface area contributed by atoms with Crippen molar-refractivity contribution < 1.29 is 0 Å². The molecule has 4 heteroatoms. The quantitative estimate of drug-likeness (QED) is 0.811. The minimum atomic E-state index is 0.898. The zero-order chi connectivity index (χ0) is 15.0. The molecule has 0 amide bonds. The lowest BCUT2D eigenvalue weighted by molar-refractivity contribution is 0.141. The summed E-state index contributed by atoms with van der Waals surface area (Å²) in [5.74, 6) is 0. The lowest BCUT2D eigenvalue weighted by atomic mass is 10.2. The monoisotopic (exact) mass is 292 g/mol. The molecule has 112 valence electrons. The van der Waals surface area contributed by atoms with Crippen molar-refractivity contribution in [2.75, 3.05) is 26.2 Å². The molecule has 1 fully saturated rings. The zero-order valence-electron chi connectivity index (χ0n) is 12.5. The predicted molar refractivity (Wildman–Crippen MR) is 91.2 cm³/mol. The molecule has 2 aromatic rings. The SMILES string of the molecule is C(=N/N1CCN(/N=C/c2ccccc2)CC1)/c1ccccc1. The smallest absolute Gasteiger partial charge is 0.0553 e. The van der Waals surface area contributed by atoms with Gasteiger partial charge in [-0.3, -0.25) is 10.0 Å². The summed E-state index contributed by atoms with van der Waals surface area (Å²) in [5.41, 5.74) is 2.26. The van der Waals surface area contributed by atoms with Gasteiger partial charge in [0, 0.05) is 0 Å². The molecule has 0 spiro atoms. The lowest BCUT2D eigenvalue weighted by Crippen LogP contribution is -2.41. The lowest BCUT2D eigenvalue weighted by Gasteiger charge is -2.31. The van der Waals surface area contributed by atoms with Crippen LogP contribution in [0.15, 0.2) is 70.9 Å². The van der Waals surface area contributed by atoms with E-state index in [4.69, 9.17) is 0 Å². The van der Waals surface area contributed by atoms with E-state index in [1.807, 2.05) is 48.8 Å². The number of hydrazone groups is 2. The Labute approximate surface area is 131 Å². The molecule has 0 aromatic heterocycles. The maximum absolute atomic E-state index is 4.54. The van der Waals surface area contributed by atoms with Gasteiger partial charge in [0.2, 0.25) is 0 Å². The Bertz CT molecular complexity index is 557. The largest absolute Gasteiger partial charge is 0.293 e. The third-order valence-corrected chi connectivity index (χ3v) is 3.57. The van der Waals surface area contributed by atoms with Gasteiger partial charge >= 0.3 is 0 Å². The van der Waals surface area contributed by atoms with E-state index in [-0.39, 0.29) is 0 Å². The fourth-order valence-corrected chi connectivity index (χ4v) is 2.29. The highest BCUT2D eigenvalue weighted by atomic mass is 15.5. The first-order valence-electron chi connectivity index (χ1n) is 7.58. The van der Waals surface area contributed by atoms with Crippen LogP contribution in [0.4, 0.5) is 0 Å². The van der Waals surface area contributed by atoms with Crippen LogP contribution in [-0.2, 0) is 0 Å². The highest BCUT2D eigenvalue weighted by Crippen LogP contribution is 2.04. The van der Waals surface area contributed by atoms with Gasteiger partial charge in [-0.2, -0.15) is 10.2 Å². The molecular weight excluding hydrogens is 272 g/mol. The summed E-state index contributed by atoms with van der Waals surface area (Å²) >= 11 is 0. The Hall–Kier alpha value is -2.62. The second-order valence-electron chi connectivity index (χ2n) is 5.22. The van der Waals surface area contributed by atoms with Gasteiger partial charge in [0.15, 0.2) is 0 Å². The molecule has 0 atom stereocenters. The minimum absolute atomic E-state index is 0.898. The fraction of sp³-hybridized carbons (Fsp3) is 0.222. The molecule has 1 heterocycles. The molecule has 1 saturated heterocycles. The van der Waals surface area contributed by atoms with Crippen molar-refractivity contribution >= 4 is 12.4 Å². The fourth-order valence-electron chi connectivity index (χ4n) is 2.29. The highest BCUT2D eigenvalue weighted by Gasteiger charge is 2.12. The van der Waals surface area contributed by atoms with Gasteiger partial charge in [0.25, 0.3) is 0 Å². The van der Waals surface area contributed by atoms with E-state index in [1.165, 1.54) is 0 Å². The Balaban J connectivity index is 1.48. The van der Waals surface area contributed by atoms with Gasteiger partial charge in [0.05, 0.1) is 38.6 Å². The Kier molecular flexibility index (Phi) is 4.82. The third-order valence-electron chi connectivity index (χ3n) is 3.57. The second kappa shape index (κ2) is 7.41. The van der Waals surface area contributed by atoms with Gasteiger partial charge in [-0.05, 0) is 11.1 Å². The van der Waals surface area contributed by atoms with Crippen LogP contribution >= 0.6 is 0 Å². The first kappa shape index (κ1) is 14.3. The van der Waals surface area contributed by atoms with Crippen molar-refractivity contribution in [2.45, 2.75) is 0 Å². The molecule has 0 radical (unpaired) electrons. The Morgan fingerprint density at radius 2 is 0.955 bits per heavy atom.